The van der Waals surface area contributed by atoms with Gasteiger partial charge in [-0.25, -0.2) is 0 Å². The van der Waals surface area contributed by atoms with Gasteiger partial charge in [-0.05, 0) is 37.3 Å². The second-order valence-corrected chi connectivity index (χ2v) is 5.03. The van der Waals surface area contributed by atoms with Gasteiger partial charge in [-0.1, -0.05) is 0 Å². The topological polar surface area (TPSA) is 54.7 Å². The Labute approximate surface area is 123 Å². The minimum absolute atomic E-state index is 0.225. The second kappa shape index (κ2) is 6.01. The first-order valence-corrected chi connectivity index (χ1v) is 7.02. The molecular weight excluding hydrogens is 268 g/mol. The van der Waals surface area contributed by atoms with Gasteiger partial charge < -0.3 is 19.4 Å². The Morgan fingerprint density at radius 2 is 1.86 bits per heavy atom. The highest BCUT2D eigenvalue weighted by Crippen LogP contribution is 2.20. The summed E-state index contributed by atoms with van der Waals surface area (Å²) >= 11 is 0. The van der Waals surface area contributed by atoms with E-state index in [2.05, 4.69) is 10.2 Å². The van der Waals surface area contributed by atoms with Crippen molar-refractivity contribution in [2.45, 2.75) is 6.92 Å². The minimum Gasteiger partial charge on any atom is -0.459 e. The van der Waals surface area contributed by atoms with Gasteiger partial charge in [-0.3, -0.25) is 4.79 Å². The highest BCUT2D eigenvalue weighted by Gasteiger charge is 2.14. The predicted molar refractivity (Wildman–Crippen MR) is 80.9 cm³/mol. The summed E-state index contributed by atoms with van der Waals surface area (Å²) in [7, 11) is 0. The van der Waals surface area contributed by atoms with E-state index in [4.69, 9.17) is 9.15 Å². The van der Waals surface area contributed by atoms with Crippen molar-refractivity contribution in [2.75, 3.05) is 36.5 Å². The lowest BCUT2D eigenvalue weighted by Crippen LogP contribution is -2.36. The van der Waals surface area contributed by atoms with Crippen LogP contribution in [0.15, 0.2) is 41.0 Å². The molecule has 0 unspecified atom stereocenters. The first-order chi connectivity index (χ1) is 10.2. The summed E-state index contributed by atoms with van der Waals surface area (Å²) < 4.78 is 10.5. The molecule has 0 bridgehead atoms. The molecule has 0 aliphatic carbocycles. The molecule has 5 nitrogen and oxygen atoms in total. The molecule has 0 saturated carbocycles. The van der Waals surface area contributed by atoms with Crippen LogP contribution in [0.25, 0.3) is 0 Å². The Bertz CT molecular complexity index is 613. The zero-order valence-corrected chi connectivity index (χ0v) is 12.0. The van der Waals surface area contributed by atoms with Crippen molar-refractivity contribution in [3.63, 3.8) is 0 Å². The molecule has 1 saturated heterocycles. The first-order valence-electron chi connectivity index (χ1n) is 7.02. The van der Waals surface area contributed by atoms with Crippen LogP contribution in [0.5, 0.6) is 0 Å². The second-order valence-electron chi connectivity index (χ2n) is 5.03. The lowest BCUT2D eigenvalue weighted by molar-refractivity contribution is 0.0996. The number of carbonyl (C=O) groups excluding carboxylic acids is 1. The molecule has 1 aromatic carbocycles. The van der Waals surface area contributed by atoms with Gasteiger partial charge in [-0.2, -0.15) is 0 Å². The van der Waals surface area contributed by atoms with E-state index in [9.17, 15) is 4.79 Å². The Balaban J connectivity index is 1.67. The van der Waals surface area contributed by atoms with Crippen molar-refractivity contribution in [3.05, 3.63) is 47.9 Å². The van der Waals surface area contributed by atoms with Crippen molar-refractivity contribution < 1.29 is 13.9 Å². The lowest BCUT2D eigenvalue weighted by Gasteiger charge is -2.28. The van der Waals surface area contributed by atoms with Gasteiger partial charge >= 0.3 is 0 Å². The third-order valence-corrected chi connectivity index (χ3v) is 3.57. The smallest absolute Gasteiger partial charge is 0.291 e. The van der Waals surface area contributed by atoms with Gasteiger partial charge in [0.25, 0.3) is 5.91 Å². The third-order valence-electron chi connectivity index (χ3n) is 3.57. The molecule has 21 heavy (non-hydrogen) atoms. The zero-order chi connectivity index (χ0) is 14.7. The molecule has 1 aliphatic heterocycles. The van der Waals surface area contributed by atoms with Crippen LogP contribution < -0.4 is 10.2 Å². The van der Waals surface area contributed by atoms with Crippen molar-refractivity contribution in [2.24, 2.45) is 0 Å². The number of anilines is 2. The lowest BCUT2D eigenvalue weighted by atomic mass is 10.2. The van der Waals surface area contributed by atoms with E-state index in [-0.39, 0.29) is 5.91 Å². The predicted octanol–water partition coefficient (Wildman–Crippen LogP) is 2.68. The average molecular weight is 286 g/mol. The number of furan rings is 1. The SMILES string of the molecule is Cc1ccoc1C(=O)Nc1ccc(N2CCOCC2)cc1. The maximum Gasteiger partial charge on any atom is 0.291 e. The molecule has 5 heteroatoms. The minimum atomic E-state index is -0.225. The standard InChI is InChI=1S/C16H18N2O3/c1-12-6-9-21-15(12)16(19)17-13-2-4-14(5-3-13)18-7-10-20-11-8-18/h2-6,9H,7-8,10-11H2,1H3,(H,17,19). The summed E-state index contributed by atoms with van der Waals surface area (Å²) in [6, 6.07) is 9.60. The normalized spacial score (nSPS) is 15.0. The molecule has 2 heterocycles. The molecule has 3 rings (SSSR count). The summed E-state index contributed by atoms with van der Waals surface area (Å²) in [5.74, 6) is 0.129. The Hall–Kier alpha value is -2.27. The Kier molecular flexibility index (Phi) is 3.92. The van der Waals surface area contributed by atoms with Crippen LogP contribution in [0.1, 0.15) is 16.1 Å². The number of benzene rings is 1. The van der Waals surface area contributed by atoms with Crippen molar-refractivity contribution in [3.8, 4) is 0 Å². The van der Waals surface area contributed by atoms with Gasteiger partial charge in [0.2, 0.25) is 0 Å². The number of amides is 1. The summed E-state index contributed by atoms with van der Waals surface area (Å²) in [5.41, 5.74) is 2.73. The van der Waals surface area contributed by atoms with Crippen LogP contribution >= 0.6 is 0 Å². The summed E-state index contributed by atoms with van der Waals surface area (Å²) in [6.45, 7) is 5.17. The molecule has 0 spiro atoms. The van der Waals surface area contributed by atoms with E-state index < -0.39 is 0 Å². The van der Waals surface area contributed by atoms with Gasteiger partial charge in [0.05, 0.1) is 19.5 Å². The van der Waals surface area contributed by atoms with E-state index in [0.717, 1.165) is 43.2 Å². The number of nitrogens with zero attached hydrogens (tertiary/aromatic N) is 1. The maximum absolute atomic E-state index is 12.1. The van der Waals surface area contributed by atoms with Crippen molar-refractivity contribution >= 4 is 17.3 Å². The van der Waals surface area contributed by atoms with E-state index in [1.54, 1.807) is 6.07 Å². The maximum atomic E-state index is 12.1. The zero-order valence-electron chi connectivity index (χ0n) is 12.0. The van der Waals surface area contributed by atoms with Gasteiger partial charge in [0, 0.05) is 30.0 Å². The average Bonchev–Trinajstić information content (AvgIpc) is 2.95. The van der Waals surface area contributed by atoms with Crippen LogP contribution in [0.2, 0.25) is 0 Å². The van der Waals surface area contributed by atoms with E-state index >= 15 is 0 Å². The number of rotatable bonds is 3. The van der Waals surface area contributed by atoms with Crippen LogP contribution in [0.3, 0.4) is 0 Å². The molecule has 1 aliphatic rings. The summed E-state index contributed by atoms with van der Waals surface area (Å²) in [6.07, 6.45) is 1.52. The molecule has 2 aromatic rings. The van der Waals surface area contributed by atoms with Gasteiger partial charge in [0.15, 0.2) is 5.76 Å². The molecule has 1 amide bonds. The van der Waals surface area contributed by atoms with Crippen LogP contribution in [-0.2, 0) is 4.74 Å². The number of ether oxygens (including phenoxy) is 1. The molecule has 0 atom stereocenters. The van der Waals surface area contributed by atoms with Crippen LogP contribution in [-0.4, -0.2) is 32.2 Å². The fourth-order valence-electron chi connectivity index (χ4n) is 2.37. The van der Waals surface area contributed by atoms with Crippen molar-refractivity contribution in [1.82, 2.24) is 0 Å². The number of carbonyl (C=O) groups is 1. The van der Waals surface area contributed by atoms with E-state index in [1.165, 1.54) is 6.26 Å². The molecule has 110 valence electrons. The fourth-order valence-corrected chi connectivity index (χ4v) is 2.37. The monoisotopic (exact) mass is 286 g/mol. The first kappa shape index (κ1) is 13.7. The van der Waals surface area contributed by atoms with Crippen LogP contribution in [0, 0.1) is 6.92 Å². The third kappa shape index (κ3) is 3.08. The van der Waals surface area contributed by atoms with Crippen molar-refractivity contribution in [1.29, 1.82) is 0 Å². The van der Waals surface area contributed by atoms with Crippen LogP contribution in [0.4, 0.5) is 11.4 Å². The number of morpholine rings is 1. The highest BCUT2D eigenvalue weighted by molar-refractivity contribution is 6.03. The molecule has 1 aromatic heterocycles. The molecule has 0 radical (unpaired) electrons. The highest BCUT2D eigenvalue weighted by atomic mass is 16.5. The van der Waals surface area contributed by atoms with E-state index in [0.29, 0.717) is 5.76 Å². The Morgan fingerprint density at radius 3 is 2.48 bits per heavy atom. The van der Waals surface area contributed by atoms with Gasteiger partial charge in [-0.15, -0.1) is 0 Å². The Morgan fingerprint density at radius 1 is 1.14 bits per heavy atom. The number of nitrogens with one attached hydrogen (secondary N) is 1. The fraction of sp³-hybridized carbons (Fsp3) is 0.312. The number of hydrogen-bond donors (Lipinski definition) is 1. The quantitative estimate of drug-likeness (QED) is 0.942. The number of hydrogen-bond acceptors (Lipinski definition) is 4. The summed E-state index contributed by atoms with van der Waals surface area (Å²) in [5, 5.41) is 2.84. The van der Waals surface area contributed by atoms with E-state index in [1.807, 2.05) is 31.2 Å². The molecular formula is C16H18N2O3. The molecule has 1 N–H and O–H groups in total. The summed E-state index contributed by atoms with van der Waals surface area (Å²) in [4.78, 5) is 14.3. The van der Waals surface area contributed by atoms with Gasteiger partial charge in [0.1, 0.15) is 0 Å². The largest absolute Gasteiger partial charge is 0.459 e. The molecule has 1 fully saturated rings. The number of aryl methyl sites for hydroxylation is 1.